The first-order valence-electron chi connectivity index (χ1n) is 7.61. The summed E-state index contributed by atoms with van der Waals surface area (Å²) in [4.78, 5) is 14.8. The number of hydrogen-bond acceptors (Lipinski definition) is 3. The summed E-state index contributed by atoms with van der Waals surface area (Å²) >= 11 is 0. The van der Waals surface area contributed by atoms with Gasteiger partial charge in [0, 0.05) is 18.5 Å². The van der Waals surface area contributed by atoms with Crippen LogP contribution in [0.4, 0.5) is 0 Å². The molecule has 1 aromatic rings. The second-order valence-electron chi connectivity index (χ2n) is 5.61. The molecule has 3 heteroatoms. The molecular formula is C17H25NO2. The number of carbonyl (C=O) groups excluding carboxylic acids is 1. The van der Waals surface area contributed by atoms with Crippen molar-refractivity contribution in [3.05, 3.63) is 29.3 Å². The minimum absolute atomic E-state index is 0.227. The fourth-order valence-corrected chi connectivity index (χ4v) is 2.78. The lowest BCUT2D eigenvalue weighted by Crippen LogP contribution is -2.27. The molecule has 0 spiro atoms. The largest absolute Gasteiger partial charge is 0.497 e. The zero-order valence-corrected chi connectivity index (χ0v) is 12.7. The van der Waals surface area contributed by atoms with Gasteiger partial charge < -0.3 is 9.64 Å². The van der Waals surface area contributed by atoms with Crippen molar-refractivity contribution in [3.8, 4) is 5.75 Å². The highest BCUT2D eigenvalue weighted by Gasteiger charge is 2.14. The van der Waals surface area contributed by atoms with Crippen LogP contribution in [-0.2, 0) is 0 Å². The summed E-state index contributed by atoms with van der Waals surface area (Å²) in [7, 11) is 1.64. The molecule has 3 nitrogen and oxygen atoms in total. The van der Waals surface area contributed by atoms with Crippen LogP contribution in [0.5, 0.6) is 5.75 Å². The van der Waals surface area contributed by atoms with E-state index in [4.69, 9.17) is 4.74 Å². The van der Waals surface area contributed by atoms with Crippen molar-refractivity contribution in [2.24, 2.45) is 0 Å². The molecule has 0 aliphatic carbocycles. The Hall–Kier alpha value is -1.35. The number of likely N-dealkylation sites (tertiary alicyclic amines) is 1. The van der Waals surface area contributed by atoms with E-state index in [-0.39, 0.29) is 5.78 Å². The van der Waals surface area contributed by atoms with Gasteiger partial charge in [-0.25, -0.2) is 0 Å². The Morgan fingerprint density at radius 1 is 1.20 bits per heavy atom. The molecule has 1 saturated heterocycles. The fraction of sp³-hybridized carbons (Fsp3) is 0.588. The van der Waals surface area contributed by atoms with E-state index < -0.39 is 0 Å². The molecule has 0 radical (unpaired) electrons. The van der Waals surface area contributed by atoms with Crippen LogP contribution in [0.25, 0.3) is 0 Å². The Morgan fingerprint density at radius 3 is 2.55 bits per heavy atom. The van der Waals surface area contributed by atoms with Gasteiger partial charge in [0.05, 0.1) is 7.11 Å². The number of methoxy groups -OCH3 is 1. The lowest BCUT2D eigenvalue weighted by molar-refractivity contribution is 0.0964. The highest BCUT2D eigenvalue weighted by molar-refractivity contribution is 5.97. The molecule has 0 amide bonds. The molecule has 1 heterocycles. The maximum Gasteiger partial charge on any atom is 0.164 e. The third-order valence-electron chi connectivity index (χ3n) is 4.10. The minimum Gasteiger partial charge on any atom is -0.497 e. The standard InChI is InChI=1S/C17H25NO2/c1-14-7-8-15(20-2)13-16(14)17(19)9-12-18-10-5-3-4-6-11-18/h7-8,13H,3-6,9-12H2,1-2H3. The maximum atomic E-state index is 12.4. The molecule has 0 aromatic heterocycles. The zero-order chi connectivity index (χ0) is 14.4. The fourth-order valence-electron chi connectivity index (χ4n) is 2.78. The van der Waals surface area contributed by atoms with Crippen LogP contribution in [0, 0.1) is 6.92 Å². The first-order valence-corrected chi connectivity index (χ1v) is 7.61. The number of Topliss-reactive ketones (excluding diaryl/α,β-unsaturated/α-hetero) is 1. The zero-order valence-electron chi connectivity index (χ0n) is 12.7. The molecule has 0 unspecified atom stereocenters. The van der Waals surface area contributed by atoms with Gasteiger partial charge in [0.2, 0.25) is 0 Å². The summed E-state index contributed by atoms with van der Waals surface area (Å²) in [5.41, 5.74) is 1.84. The van der Waals surface area contributed by atoms with Crippen LogP contribution in [0.3, 0.4) is 0 Å². The van der Waals surface area contributed by atoms with Crippen LogP contribution in [0.1, 0.15) is 48.0 Å². The van der Waals surface area contributed by atoms with Crippen molar-refractivity contribution in [1.29, 1.82) is 0 Å². The molecule has 110 valence electrons. The molecule has 1 aliphatic heterocycles. The van der Waals surface area contributed by atoms with Crippen LogP contribution in [-0.4, -0.2) is 37.4 Å². The predicted molar refractivity (Wildman–Crippen MR) is 81.6 cm³/mol. The van der Waals surface area contributed by atoms with Crippen molar-refractivity contribution in [3.63, 3.8) is 0 Å². The predicted octanol–water partition coefficient (Wildman–Crippen LogP) is 3.45. The Kier molecular flexibility index (Phi) is 5.60. The van der Waals surface area contributed by atoms with Gasteiger partial charge in [0.15, 0.2) is 5.78 Å². The summed E-state index contributed by atoms with van der Waals surface area (Å²) in [5.74, 6) is 0.986. The number of aryl methyl sites for hydroxylation is 1. The summed E-state index contributed by atoms with van der Waals surface area (Å²) in [6.07, 6.45) is 5.81. The summed E-state index contributed by atoms with van der Waals surface area (Å²) < 4.78 is 5.21. The molecule has 1 aromatic carbocycles. The monoisotopic (exact) mass is 275 g/mol. The van der Waals surface area contributed by atoms with Crippen LogP contribution in [0.2, 0.25) is 0 Å². The van der Waals surface area contributed by atoms with Crippen LogP contribution < -0.4 is 4.74 Å². The second-order valence-corrected chi connectivity index (χ2v) is 5.61. The maximum absolute atomic E-state index is 12.4. The number of rotatable bonds is 5. The van der Waals surface area contributed by atoms with Crippen molar-refractivity contribution in [2.75, 3.05) is 26.7 Å². The van der Waals surface area contributed by atoms with E-state index in [2.05, 4.69) is 4.90 Å². The molecule has 2 rings (SSSR count). The molecule has 0 saturated carbocycles. The van der Waals surface area contributed by atoms with Gasteiger partial charge in [0.25, 0.3) is 0 Å². The lowest BCUT2D eigenvalue weighted by atomic mass is 10.0. The average Bonchev–Trinajstić information content (AvgIpc) is 2.74. The van der Waals surface area contributed by atoms with E-state index in [9.17, 15) is 4.79 Å². The molecule has 0 N–H and O–H groups in total. The third-order valence-corrected chi connectivity index (χ3v) is 4.10. The molecule has 1 aliphatic rings. The smallest absolute Gasteiger partial charge is 0.164 e. The first-order chi connectivity index (χ1) is 9.70. The SMILES string of the molecule is COc1ccc(C)c(C(=O)CCN2CCCCCC2)c1. The summed E-state index contributed by atoms with van der Waals surface area (Å²) in [6.45, 7) is 5.16. The molecule has 1 fully saturated rings. The van der Waals surface area contributed by atoms with E-state index in [1.807, 2.05) is 25.1 Å². The Labute approximate surface area is 121 Å². The Bertz CT molecular complexity index is 448. The van der Waals surface area contributed by atoms with Crippen LogP contribution >= 0.6 is 0 Å². The summed E-state index contributed by atoms with van der Waals surface area (Å²) in [5, 5.41) is 0. The van der Waals surface area contributed by atoms with Gasteiger partial charge in [-0.15, -0.1) is 0 Å². The quantitative estimate of drug-likeness (QED) is 0.771. The number of ketones is 1. The first kappa shape index (κ1) is 15.0. The minimum atomic E-state index is 0.227. The van der Waals surface area contributed by atoms with Crippen molar-refractivity contribution >= 4 is 5.78 Å². The highest BCUT2D eigenvalue weighted by Crippen LogP contribution is 2.19. The second kappa shape index (κ2) is 7.44. The van der Waals surface area contributed by atoms with E-state index in [0.29, 0.717) is 6.42 Å². The van der Waals surface area contributed by atoms with E-state index >= 15 is 0 Å². The number of benzene rings is 1. The van der Waals surface area contributed by atoms with Gasteiger partial charge >= 0.3 is 0 Å². The number of ether oxygens (including phenoxy) is 1. The van der Waals surface area contributed by atoms with E-state index in [1.165, 1.54) is 25.7 Å². The number of nitrogens with zero attached hydrogens (tertiary/aromatic N) is 1. The Balaban J connectivity index is 1.94. The number of carbonyl (C=O) groups is 1. The number of hydrogen-bond donors (Lipinski definition) is 0. The average molecular weight is 275 g/mol. The van der Waals surface area contributed by atoms with Crippen molar-refractivity contribution in [1.82, 2.24) is 4.90 Å². The molecular weight excluding hydrogens is 250 g/mol. The van der Waals surface area contributed by atoms with E-state index in [1.54, 1.807) is 7.11 Å². The van der Waals surface area contributed by atoms with Gasteiger partial charge in [-0.3, -0.25) is 4.79 Å². The Morgan fingerprint density at radius 2 is 1.90 bits per heavy atom. The summed E-state index contributed by atoms with van der Waals surface area (Å²) in [6, 6.07) is 5.72. The van der Waals surface area contributed by atoms with E-state index in [0.717, 1.165) is 36.5 Å². The van der Waals surface area contributed by atoms with Gasteiger partial charge in [0.1, 0.15) is 5.75 Å². The third kappa shape index (κ3) is 4.07. The topological polar surface area (TPSA) is 29.5 Å². The van der Waals surface area contributed by atoms with Crippen molar-refractivity contribution < 1.29 is 9.53 Å². The van der Waals surface area contributed by atoms with Gasteiger partial charge in [-0.1, -0.05) is 18.9 Å². The highest BCUT2D eigenvalue weighted by atomic mass is 16.5. The molecule has 0 bridgehead atoms. The van der Waals surface area contributed by atoms with Gasteiger partial charge in [-0.05, 0) is 50.6 Å². The van der Waals surface area contributed by atoms with Crippen LogP contribution in [0.15, 0.2) is 18.2 Å². The lowest BCUT2D eigenvalue weighted by Gasteiger charge is -2.19. The molecule has 20 heavy (non-hydrogen) atoms. The normalized spacial score (nSPS) is 16.7. The van der Waals surface area contributed by atoms with Crippen molar-refractivity contribution in [2.45, 2.75) is 39.0 Å². The molecule has 0 atom stereocenters. The van der Waals surface area contributed by atoms with Gasteiger partial charge in [-0.2, -0.15) is 0 Å².